The first-order valence-electron chi connectivity index (χ1n) is 4.41. The van der Waals surface area contributed by atoms with E-state index >= 15 is 0 Å². The van der Waals surface area contributed by atoms with Gasteiger partial charge in [0.2, 0.25) is 0 Å². The summed E-state index contributed by atoms with van der Waals surface area (Å²) >= 11 is 5.69. The molecule has 14 heavy (non-hydrogen) atoms. The van der Waals surface area contributed by atoms with Crippen LogP contribution in [0.15, 0.2) is 12.1 Å². The molecule has 0 saturated heterocycles. The Kier molecular flexibility index (Phi) is 4.17. The van der Waals surface area contributed by atoms with Crippen LogP contribution >= 0.6 is 11.6 Å². The average Bonchev–Trinajstić information content (AvgIpc) is 2.20. The van der Waals surface area contributed by atoms with Crippen molar-refractivity contribution in [2.24, 2.45) is 5.73 Å². The minimum Gasteiger partial charge on any atom is -0.497 e. The van der Waals surface area contributed by atoms with E-state index < -0.39 is 0 Å². The fourth-order valence-electron chi connectivity index (χ4n) is 1.21. The van der Waals surface area contributed by atoms with Crippen molar-refractivity contribution in [2.45, 2.75) is 12.8 Å². The van der Waals surface area contributed by atoms with E-state index in [0.29, 0.717) is 24.3 Å². The summed E-state index contributed by atoms with van der Waals surface area (Å²) in [5, 5.41) is 0.0939. The summed E-state index contributed by atoms with van der Waals surface area (Å²) in [6.07, 6.45) is 1.32. The highest BCUT2D eigenvalue weighted by atomic mass is 35.5. The lowest BCUT2D eigenvalue weighted by atomic mass is 10.1. The zero-order chi connectivity index (χ0) is 10.6. The molecule has 78 valence electrons. The van der Waals surface area contributed by atoms with Gasteiger partial charge in [-0.1, -0.05) is 11.6 Å². The zero-order valence-corrected chi connectivity index (χ0v) is 8.77. The Bertz CT molecular complexity index is 317. The van der Waals surface area contributed by atoms with Crippen molar-refractivity contribution in [2.75, 3.05) is 13.7 Å². The Morgan fingerprint density at radius 3 is 2.79 bits per heavy atom. The number of rotatable bonds is 4. The van der Waals surface area contributed by atoms with Crippen molar-refractivity contribution in [3.8, 4) is 5.75 Å². The third kappa shape index (κ3) is 2.59. The van der Waals surface area contributed by atoms with Gasteiger partial charge in [0.15, 0.2) is 0 Å². The van der Waals surface area contributed by atoms with E-state index in [1.54, 1.807) is 6.07 Å². The fraction of sp³-hybridized carbons (Fsp3) is 0.400. The summed E-state index contributed by atoms with van der Waals surface area (Å²) in [5.74, 6) is 0.198. The number of methoxy groups -OCH3 is 1. The summed E-state index contributed by atoms with van der Waals surface area (Å²) in [5.41, 5.74) is 5.90. The average molecular weight is 218 g/mol. The van der Waals surface area contributed by atoms with Gasteiger partial charge >= 0.3 is 0 Å². The van der Waals surface area contributed by atoms with Crippen LogP contribution in [0.1, 0.15) is 12.0 Å². The predicted molar refractivity (Wildman–Crippen MR) is 55.3 cm³/mol. The van der Waals surface area contributed by atoms with Crippen molar-refractivity contribution in [3.05, 3.63) is 28.5 Å². The molecule has 0 aromatic heterocycles. The fourth-order valence-corrected chi connectivity index (χ4v) is 1.44. The molecular weight excluding hydrogens is 205 g/mol. The first-order valence-corrected chi connectivity index (χ1v) is 4.78. The van der Waals surface area contributed by atoms with Crippen LogP contribution < -0.4 is 10.5 Å². The standard InChI is InChI=1S/C10H13ClFNO/c1-14-8-5-7(3-2-4-13)10(12)9(11)6-8/h5-6H,2-4,13H2,1H3. The van der Waals surface area contributed by atoms with Crippen LogP contribution in [0.4, 0.5) is 4.39 Å². The Morgan fingerprint density at radius 1 is 1.50 bits per heavy atom. The molecule has 0 aliphatic rings. The zero-order valence-electron chi connectivity index (χ0n) is 8.02. The van der Waals surface area contributed by atoms with E-state index in [4.69, 9.17) is 22.1 Å². The molecule has 1 aromatic carbocycles. The van der Waals surface area contributed by atoms with Crippen molar-refractivity contribution in [3.63, 3.8) is 0 Å². The van der Waals surface area contributed by atoms with E-state index in [2.05, 4.69) is 0 Å². The minimum absolute atomic E-state index is 0.0939. The van der Waals surface area contributed by atoms with E-state index in [1.165, 1.54) is 13.2 Å². The molecule has 2 N–H and O–H groups in total. The second-order valence-electron chi connectivity index (χ2n) is 2.97. The highest BCUT2D eigenvalue weighted by Crippen LogP contribution is 2.25. The van der Waals surface area contributed by atoms with Gasteiger partial charge in [0.25, 0.3) is 0 Å². The number of aryl methyl sites for hydroxylation is 1. The molecule has 2 nitrogen and oxygen atoms in total. The molecular formula is C10H13ClFNO. The molecule has 1 rings (SSSR count). The van der Waals surface area contributed by atoms with Gasteiger partial charge in [-0.25, -0.2) is 4.39 Å². The third-order valence-corrected chi connectivity index (χ3v) is 2.24. The largest absolute Gasteiger partial charge is 0.497 e. The molecule has 0 unspecified atom stereocenters. The van der Waals surface area contributed by atoms with Gasteiger partial charge in [-0.2, -0.15) is 0 Å². The number of hydrogen-bond acceptors (Lipinski definition) is 2. The molecule has 0 spiro atoms. The summed E-state index contributed by atoms with van der Waals surface area (Å²) in [6, 6.07) is 3.11. The number of hydrogen-bond donors (Lipinski definition) is 1. The molecule has 0 atom stereocenters. The lowest BCUT2D eigenvalue weighted by Gasteiger charge is -2.07. The molecule has 4 heteroatoms. The first kappa shape index (κ1) is 11.3. The van der Waals surface area contributed by atoms with Gasteiger partial charge in [-0.15, -0.1) is 0 Å². The van der Waals surface area contributed by atoms with Crippen LogP contribution in [-0.4, -0.2) is 13.7 Å². The van der Waals surface area contributed by atoms with Crippen molar-refractivity contribution in [1.29, 1.82) is 0 Å². The second kappa shape index (κ2) is 5.17. The van der Waals surface area contributed by atoms with E-state index in [0.717, 1.165) is 6.42 Å². The van der Waals surface area contributed by atoms with Gasteiger partial charge in [-0.05, 0) is 31.0 Å². The Labute approximate surface area is 87.8 Å². The van der Waals surface area contributed by atoms with Crippen LogP contribution in [-0.2, 0) is 6.42 Å². The van der Waals surface area contributed by atoms with E-state index in [1.807, 2.05) is 0 Å². The predicted octanol–water partition coefficient (Wildman–Crippen LogP) is 2.38. The molecule has 0 aliphatic heterocycles. The van der Waals surface area contributed by atoms with Gasteiger partial charge in [0.05, 0.1) is 12.1 Å². The smallest absolute Gasteiger partial charge is 0.145 e. The Morgan fingerprint density at radius 2 is 2.21 bits per heavy atom. The molecule has 0 fully saturated rings. The minimum atomic E-state index is -0.374. The van der Waals surface area contributed by atoms with Gasteiger partial charge in [0.1, 0.15) is 11.6 Å². The van der Waals surface area contributed by atoms with Gasteiger partial charge in [-0.3, -0.25) is 0 Å². The number of benzene rings is 1. The van der Waals surface area contributed by atoms with Gasteiger partial charge in [0, 0.05) is 6.07 Å². The topological polar surface area (TPSA) is 35.2 Å². The lowest BCUT2D eigenvalue weighted by molar-refractivity contribution is 0.412. The summed E-state index contributed by atoms with van der Waals surface area (Å²) in [6.45, 7) is 0.536. The Hall–Kier alpha value is -0.800. The molecule has 0 saturated carbocycles. The van der Waals surface area contributed by atoms with Crippen molar-refractivity contribution >= 4 is 11.6 Å². The number of halogens is 2. The summed E-state index contributed by atoms with van der Waals surface area (Å²) in [4.78, 5) is 0. The highest BCUT2D eigenvalue weighted by molar-refractivity contribution is 6.30. The molecule has 0 amide bonds. The van der Waals surface area contributed by atoms with Crippen LogP contribution in [0.5, 0.6) is 5.75 Å². The molecule has 0 bridgehead atoms. The summed E-state index contributed by atoms with van der Waals surface area (Å²) < 4.78 is 18.4. The quantitative estimate of drug-likeness (QED) is 0.841. The van der Waals surface area contributed by atoms with Crippen LogP contribution in [0.3, 0.4) is 0 Å². The number of ether oxygens (including phenoxy) is 1. The maximum absolute atomic E-state index is 13.4. The van der Waals surface area contributed by atoms with Crippen molar-refractivity contribution < 1.29 is 9.13 Å². The molecule has 0 radical (unpaired) electrons. The maximum atomic E-state index is 13.4. The SMILES string of the molecule is COc1cc(Cl)c(F)c(CCCN)c1. The Balaban J connectivity index is 2.95. The maximum Gasteiger partial charge on any atom is 0.145 e. The second-order valence-corrected chi connectivity index (χ2v) is 3.38. The molecule has 1 aromatic rings. The molecule has 0 heterocycles. The normalized spacial score (nSPS) is 10.3. The van der Waals surface area contributed by atoms with Crippen LogP contribution in [0, 0.1) is 5.82 Å². The summed E-state index contributed by atoms with van der Waals surface area (Å²) in [7, 11) is 1.52. The van der Waals surface area contributed by atoms with E-state index in [9.17, 15) is 4.39 Å². The van der Waals surface area contributed by atoms with Crippen LogP contribution in [0.2, 0.25) is 5.02 Å². The first-order chi connectivity index (χ1) is 6.69. The van der Waals surface area contributed by atoms with Crippen molar-refractivity contribution in [1.82, 2.24) is 0 Å². The third-order valence-electron chi connectivity index (χ3n) is 1.96. The van der Waals surface area contributed by atoms with E-state index in [-0.39, 0.29) is 10.8 Å². The highest BCUT2D eigenvalue weighted by Gasteiger charge is 2.09. The molecule has 0 aliphatic carbocycles. The van der Waals surface area contributed by atoms with Crippen LogP contribution in [0.25, 0.3) is 0 Å². The monoisotopic (exact) mass is 217 g/mol. The van der Waals surface area contributed by atoms with Gasteiger partial charge < -0.3 is 10.5 Å². The lowest BCUT2D eigenvalue weighted by Crippen LogP contribution is -2.02. The number of nitrogens with two attached hydrogens (primary N) is 1.